The first-order valence-electron chi connectivity index (χ1n) is 7.49. The van der Waals surface area contributed by atoms with Gasteiger partial charge in [0.15, 0.2) is 5.16 Å². The molecule has 0 radical (unpaired) electrons. The molecule has 2 aromatic heterocycles. The highest BCUT2D eigenvalue weighted by molar-refractivity contribution is 7.99. The number of thiophene rings is 1. The molecule has 124 valence electrons. The smallest absolute Gasteiger partial charge is 0.316 e. The Labute approximate surface area is 147 Å². The first kappa shape index (κ1) is 16.7. The summed E-state index contributed by atoms with van der Waals surface area (Å²) in [7, 11) is 0. The predicted molar refractivity (Wildman–Crippen MR) is 96.8 cm³/mol. The maximum Gasteiger partial charge on any atom is 0.316 e. The van der Waals surface area contributed by atoms with Crippen LogP contribution >= 0.6 is 23.1 Å². The van der Waals surface area contributed by atoms with Gasteiger partial charge < -0.3 is 4.74 Å². The predicted octanol–water partition coefficient (Wildman–Crippen LogP) is 3.16. The molecule has 1 aromatic carbocycles. The summed E-state index contributed by atoms with van der Waals surface area (Å²) < 4.78 is 7.21. The van der Waals surface area contributed by atoms with Gasteiger partial charge in [-0.1, -0.05) is 42.1 Å². The molecule has 5 nitrogen and oxygen atoms in total. The number of esters is 1. The van der Waals surface area contributed by atoms with E-state index in [0.29, 0.717) is 28.5 Å². The van der Waals surface area contributed by atoms with Crippen LogP contribution in [0, 0.1) is 0 Å². The molecule has 2 heterocycles. The van der Waals surface area contributed by atoms with E-state index in [1.54, 1.807) is 11.5 Å². The van der Waals surface area contributed by atoms with Crippen molar-refractivity contribution in [1.29, 1.82) is 0 Å². The molecule has 24 heavy (non-hydrogen) atoms. The molecule has 0 aliphatic rings. The second-order valence-corrected chi connectivity index (χ2v) is 6.86. The van der Waals surface area contributed by atoms with E-state index < -0.39 is 0 Å². The largest absolute Gasteiger partial charge is 0.465 e. The number of ether oxygens (including phenoxy) is 1. The molecule has 3 aromatic rings. The van der Waals surface area contributed by atoms with Gasteiger partial charge in [-0.3, -0.25) is 14.2 Å². The van der Waals surface area contributed by atoms with Crippen LogP contribution in [0.2, 0.25) is 0 Å². The van der Waals surface area contributed by atoms with Gasteiger partial charge in [-0.15, -0.1) is 11.3 Å². The number of benzene rings is 1. The Bertz CT molecular complexity index is 903. The lowest BCUT2D eigenvalue weighted by Crippen LogP contribution is -2.23. The van der Waals surface area contributed by atoms with Crippen molar-refractivity contribution in [1.82, 2.24) is 9.55 Å². The fourth-order valence-electron chi connectivity index (χ4n) is 2.27. The molecule has 0 atom stereocenters. The third-order valence-electron chi connectivity index (χ3n) is 3.34. The maximum absolute atomic E-state index is 12.8. The van der Waals surface area contributed by atoms with E-state index in [4.69, 9.17) is 4.74 Å². The van der Waals surface area contributed by atoms with Crippen molar-refractivity contribution in [2.24, 2.45) is 0 Å². The fraction of sp³-hybridized carbons (Fsp3) is 0.235. The van der Waals surface area contributed by atoms with Crippen LogP contribution in [0.1, 0.15) is 12.5 Å². The van der Waals surface area contributed by atoms with Crippen molar-refractivity contribution in [2.45, 2.75) is 18.6 Å². The summed E-state index contributed by atoms with van der Waals surface area (Å²) in [5.41, 5.74) is 1.60. The molecule has 0 bridgehead atoms. The summed E-state index contributed by atoms with van der Waals surface area (Å²) in [4.78, 5) is 29.0. The van der Waals surface area contributed by atoms with Gasteiger partial charge in [-0.2, -0.15) is 0 Å². The fourth-order valence-corrected chi connectivity index (χ4v) is 3.84. The van der Waals surface area contributed by atoms with Crippen LogP contribution in [0.15, 0.2) is 51.7 Å². The molecule has 0 amide bonds. The molecular weight excluding hydrogens is 344 g/mol. The minimum Gasteiger partial charge on any atom is -0.465 e. The third kappa shape index (κ3) is 3.68. The number of rotatable bonds is 6. The van der Waals surface area contributed by atoms with Crippen LogP contribution in [-0.2, 0) is 16.1 Å². The SMILES string of the molecule is CCOC(=O)CSc1nc2ccsc2c(=O)n1Cc1ccccc1. The zero-order valence-corrected chi connectivity index (χ0v) is 14.7. The van der Waals surface area contributed by atoms with Crippen molar-refractivity contribution >= 4 is 39.3 Å². The maximum atomic E-state index is 12.8. The second kappa shape index (κ2) is 7.63. The van der Waals surface area contributed by atoms with E-state index in [2.05, 4.69) is 4.98 Å². The van der Waals surface area contributed by atoms with Gasteiger partial charge in [-0.25, -0.2) is 4.98 Å². The quantitative estimate of drug-likeness (QED) is 0.384. The summed E-state index contributed by atoms with van der Waals surface area (Å²) in [6.07, 6.45) is 0. The van der Waals surface area contributed by atoms with E-state index in [9.17, 15) is 9.59 Å². The Hall–Kier alpha value is -2.12. The van der Waals surface area contributed by atoms with Gasteiger partial charge in [0.2, 0.25) is 0 Å². The lowest BCUT2D eigenvalue weighted by molar-refractivity contribution is -0.139. The molecule has 0 saturated heterocycles. The summed E-state index contributed by atoms with van der Waals surface area (Å²) in [6.45, 7) is 2.53. The topological polar surface area (TPSA) is 61.2 Å². The molecule has 0 N–H and O–H groups in total. The standard InChI is InChI=1S/C17H16N2O3S2/c1-2-22-14(20)11-24-17-18-13-8-9-23-15(13)16(21)19(17)10-12-6-4-3-5-7-12/h3-9H,2,10-11H2,1H3. The number of fused-ring (bicyclic) bond motifs is 1. The Kier molecular flexibility index (Phi) is 5.32. The summed E-state index contributed by atoms with van der Waals surface area (Å²) in [5, 5.41) is 2.38. The highest BCUT2D eigenvalue weighted by Crippen LogP contribution is 2.21. The normalized spacial score (nSPS) is 10.9. The number of aromatic nitrogens is 2. The third-order valence-corrected chi connectivity index (χ3v) is 5.18. The van der Waals surface area contributed by atoms with Crippen molar-refractivity contribution in [3.8, 4) is 0 Å². The molecule has 0 saturated carbocycles. The zero-order chi connectivity index (χ0) is 16.9. The molecule has 0 unspecified atom stereocenters. The Morgan fingerprint density at radius 1 is 1.29 bits per heavy atom. The first-order valence-corrected chi connectivity index (χ1v) is 9.36. The lowest BCUT2D eigenvalue weighted by atomic mass is 10.2. The lowest BCUT2D eigenvalue weighted by Gasteiger charge is -2.12. The van der Waals surface area contributed by atoms with Crippen LogP contribution in [0.3, 0.4) is 0 Å². The van der Waals surface area contributed by atoms with Crippen molar-refractivity contribution in [3.63, 3.8) is 0 Å². The average molecular weight is 360 g/mol. The van der Waals surface area contributed by atoms with Crippen molar-refractivity contribution in [3.05, 3.63) is 57.7 Å². The van der Waals surface area contributed by atoms with E-state index >= 15 is 0 Å². The summed E-state index contributed by atoms with van der Waals surface area (Å²) in [5.74, 6) is -0.182. The first-order chi connectivity index (χ1) is 11.7. The minimum atomic E-state index is -0.312. The minimum absolute atomic E-state index is 0.0785. The Morgan fingerprint density at radius 3 is 2.83 bits per heavy atom. The summed E-state index contributed by atoms with van der Waals surface area (Å²) in [6, 6.07) is 11.5. The Balaban J connectivity index is 1.97. The van der Waals surface area contributed by atoms with Crippen LogP contribution in [-0.4, -0.2) is 27.9 Å². The number of hydrogen-bond acceptors (Lipinski definition) is 6. The molecule has 0 aliphatic carbocycles. The molecule has 0 aliphatic heterocycles. The molecule has 0 spiro atoms. The van der Waals surface area contributed by atoms with E-state index in [1.807, 2.05) is 41.8 Å². The van der Waals surface area contributed by atoms with Crippen LogP contribution in [0.4, 0.5) is 0 Å². The van der Waals surface area contributed by atoms with Crippen LogP contribution < -0.4 is 5.56 Å². The van der Waals surface area contributed by atoms with Gasteiger partial charge in [-0.05, 0) is 23.9 Å². The van der Waals surface area contributed by atoms with Gasteiger partial charge in [0.25, 0.3) is 5.56 Å². The van der Waals surface area contributed by atoms with Crippen LogP contribution in [0.5, 0.6) is 0 Å². The van der Waals surface area contributed by atoms with E-state index in [1.165, 1.54) is 23.1 Å². The van der Waals surface area contributed by atoms with Crippen molar-refractivity contribution in [2.75, 3.05) is 12.4 Å². The number of nitrogens with zero attached hydrogens (tertiary/aromatic N) is 2. The van der Waals surface area contributed by atoms with E-state index in [-0.39, 0.29) is 17.3 Å². The monoisotopic (exact) mass is 360 g/mol. The number of carbonyl (C=O) groups excluding carboxylic acids is 1. The highest BCUT2D eigenvalue weighted by Gasteiger charge is 2.14. The average Bonchev–Trinajstić information content (AvgIpc) is 3.06. The van der Waals surface area contributed by atoms with E-state index in [0.717, 1.165) is 5.56 Å². The van der Waals surface area contributed by atoms with Crippen molar-refractivity contribution < 1.29 is 9.53 Å². The number of carbonyl (C=O) groups is 1. The molecular formula is C17H16N2O3S2. The zero-order valence-electron chi connectivity index (χ0n) is 13.1. The Morgan fingerprint density at radius 2 is 2.08 bits per heavy atom. The van der Waals surface area contributed by atoms with Gasteiger partial charge in [0.1, 0.15) is 4.70 Å². The van der Waals surface area contributed by atoms with Gasteiger partial charge in [0.05, 0.1) is 24.4 Å². The second-order valence-electron chi connectivity index (χ2n) is 5.00. The van der Waals surface area contributed by atoms with Gasteiger partial charge in [0, 0.05) is 0 Å². The number of hydrogen-bond donors (Lipinski definition) is 0. The summed E-state index contributed by atoms with van der Waals surface area (Å²) >= 11 is 2.61. The molecule has 3 rings (SSSR count). The molecule has 0 fully saturated rings. The van der Waals surface area contributed by atoms with Gasteiger partial charge >= 0.3 is 5.97 Å². The highest BCUT2D eigenvalue weighted by atomic mass is 32.2. The molecule has 7 heteroatoms. The number of thioether (sulfide) groups is 1. The van der Waals surface area contributed by atoms with Crippen LogP contribution in [0.25, 0.3) is 10.2 Å².